The monoisotopic (exact) mass is 334 g/mol. The Balaban J connectivity index is 2.28. The van der Waals surface area contributed by atoms with E-state index < -0.39 is 0 Å². The quantitative estimate of drug-likeness (QED) is 0.876. The third-order valence-corrected chi connectivity index (χ3v) is 3.51. The number of pyridine rings is 1. The summed E-state index contributed by atoms with van der Waals surface area (Å²) in [5, 5.41) is 9.45. The first kappa shape index (κ1) is 17.3. The van der Waals surface area contributed by atoms with E-state index in [-0.39, 0.29) is 35.7 Å². The number of nitrogens with zero attached hydrogens (tertiary/aromatic N) is 4. The van der Waals surface area contributed by atoms with Crippen molar-refractivity contribution < 1.29 is 9.90 Å². The lowest BCUT2D eigenvalue weighted by molar-refractivity contribution is 0.0701. The second-order valence-electron chi connectivity index (χ2n) is 5.39. The third-order valence-electron chi connectivity index (χ3n) is 3.24. The molecule has 122 valence electrons. The molecule has 0 aromatic carbocycles. The predicted molar refractivity (Wildman–Crippen MR) is 87.2 cm³/mol. The Morgan fingerprint density at radius 3 is 2.78 bits per heavy atom. The molecule has 2 heterocycles. The van der Waals surface area contributed by atoms with E-state index in [4.69, 9.17) is 11.6 Å². The van der Waals surface area contributed by atoms with Crippen LogP contribution >= 0.6 is 11.6 Å². The third kappa shape index (κ3) is 4.46. The summed E-state index contributed by atoms with van der Waals surface area (Å²) < 4.78 is 0. The van der Waals surface area contributed by atoms with Gasteiger partial charge >= 0.3 is 0 Å². The van der Waals surface area contributed by atoms with E-state index in [9.17, 15) is 9.90 Å². The van der Waals surface area contributed by atoms with E-state index >= 15 is 0 Å². The molecule has 0 atom stereocenters. The predicted octanol–water partition coefficient (Wildman–Crippen LogP) is 2.28. The highest BCUT2D eigenvalue weighted by Gasteiger charge is 2.21. The SMILES string of the molecule is CC(C)c1ncc(Cl)c(C(=O)N(CCO)Cc2cccnc2)n1. The second-order valence-corrected chi connectivity index (χ2v) is 5.80. The lowest BCUT2D eigenvalue weighted by Crippen LogP contribution is -2.34. The van der Waals surface area contributed by atoms with Gasteiger partial charge in [0.1, 0.15) is 5.82 Å². The van der Waals surface area contributed by atoms with Crippen molar-refractivity contribution in [3.05, 3.63) is 52.8 Å². The molecular formula is C16H19ClN4O2. The van der Waals surface area contributed by atoms with Crippen molar-refractivity contribution in [3.8, 4) is 0 Å². The highest BCUT2D eigenvalue weighted by molar-refractivity contribution is 6.33. The normalized spacial score (nSPS) is 10.8. The molecule has 0 spiro atoms. The zero-order valence-electron chi connectivity index (χ0n) is 13.1. The van der Waals surface area contributed by atoms with E-state index in [1.54, 1.807) is 18.5 Å². The molecule has 1 N–H and O–H groups in total. The maximum atomic E-state index is 12.8. The summed E-state index contributed by atoms with van der Waals surface area (Å²) in [6, 6.07) is 3.66. The van der Waals surface area contributed by atoms with Crippen molar-refractivity contribution in [2.45, 2.75) is 26.3 Å². The molecule has 0 fully saturated rings. The molecule has 0 radical (unpaired) electrons. The Morgan fingerprint density at radius 2 is 2.17 bits per heavy atom. The fraction of sp³-hybridized carbons (Fsp3) is 0.375. The molecule has 0 aliphatic rings. The van der Waals surface area contributed by atoms with E-state index in [2.05, 4.69) is 15.0 Å². The van der Waals surface area contributed by atoms with Gasteiger partial charge in [0.15, 0.2) is 5.69 Å². The van der Waals surface area contributed by atoms with Crippen molar-refractivity contribution >= 4 is 17.5 Å². The summed E-state index contributed by atoms with van der Waals surface area (Å²) in [5.74, 6) is 0.309. The van der Waals surface area contributed by atoms with Crippen LogP contribution in [-0.4, -0.2) is 44.0 Å². The van der Waals surface area contributed by atoms with Gasteiger partial charge in [-0.15, -0.1) is 0 Å². The van der Waals surface area contributed by atoms with Crippen molar-refractivity contribution in [2.24, 2.45) is 0 Å². The molecule has 2 aromatic heterocycles. The number of hydrogen-bond acceptors (Lipinski definition) is 5. The van der Waals surface area contributed by atoms with Crippen LogP contribution in [0.15, 0.2) is 30.7 Å². The number of aliphatic hydroxyl groups is 1. The smallest absolute Gasteiger partial charge is 0.274 e. The minimum absolute atomic E-state index is 0.0865. The van der Waals surface area contributed by atoms with Gasteiger partial charge in [-0.3, -0.25) is 9.78 Å². The second kappa shape index (κ2) is 7.99. The van der Waals surface area contributed by atoms with Gasteiger partial charge in [-0.2, -0.15) is 0 Å². The highest BCUT2D eigenvalue weighted by atomic mass is 35.5. The number of hydrogen-bond donors (Lipinski definition) is 1. The maximum absolute atomic E-state index is 12.8. The van der Waals surface area contributed by atoms with Crippen LogP contribution < -0.4 is 0 Å². The van der Waals surface area contributed by atoms with Gasteiger partial charge in [0.2, 0.25) is 0 Å². The van der Waals surface area contributed by atoms with Crippen LogP contribution in [0, 0.1) is 0 Å². The minimum atomic E-state index is -0.336. The van der Waals surface area contributed by atoms with Gasteiger partial charge in [0, 0.05) is 31.4 Å². The number of aliphatic hydroxyl groups excluding tert-OH is 1. The summed E-state index contributed by atoms with van der Waals surface area (Å²) in [6.07, 6.45) is 4.79. The fourth-order valence-electron chi connectivity index (χ4n) is 2.04. The van der Waals surface area contributed by atoms with E-state index in [1.807, 2.05) is 19.9 Å². The number of carbonyl (C=O) groups is 1. The first-order valence-electron chi connectivity index (χ1n) is 7.34. The lowest BCUT2D eigenvalue weighted by atomic mass is 10.2. The fourth-order valence-corrected chi connectivity index (χ4v) is 2.22. The van der Waals surface area contributed by atoms with E-state index in [0.717, 1.165) is 5.56 Å². The standard InChI is InChI=1S/C16H19ClN4O2/c1-11(2)15-19-9-13(17)14(20-15)16(23)21(6-7-22)10-12-4-3-5-18-8-12/h3-5,8-9,11,22H,6-7,10H2,1-2H3. The Labute approximate surface area is 140 Å². The molecule has 7 heteroatoms. The summed E-state index contributed by atoms with van der Waals surface area (Å²) in [4.78, 5) is 26.7. The first-order valence-corrected chi connectivity index (χ1v) is 7.72. The van der Waals surface area contributed by atoms with Crippen LogP contribution in [0.5, 0.6) is 0 Å². The van der Waals surface area contributed by atoms with Crippen LogP contribution in [0.4, 0.5) is 0 Å². The van der Waals surface area contributed by atoms with Gasteiger partial charge in [0.05, 0.1) is 17.8 Å². The zero-order valence-corrected chi connectivity index (χ0v) is 13.9. The Kier molecular flexibility index (Phi) is 6.01. The van der Waals surface area contributed by atoms with E-state index in [1.165, 1.54) is 11.1 Å². The van der Waals surface area contributed by atoms with Crippen LogP contribution in [0.1, 0.15) is 41.6 Å². The molecule has 6 nitrogen and oxygen atoms in total. The number of carbonyl (C=O) groups excluding carboxylic acids is 1. The Hall–Kier alpha value is -2.05. The maximum Gasteiger partial charge on any atom is 0.274 e. The molecule has 0 unspecified atom stereocenters. The van der Waals surface area contributed by atoms with Crippen molar-refractivity contribution in [3.63, 3.8) is 0 Å². The summed E-state index contributed by atoms with van der Waals surface area (Å²) in [6.45, 7) is 4.25. The van der Waals surface area contributed by atoms with Gasteiger partial charge in [-0.25, -0.2) is 9.97 Å². The van der Waals surface area contributed by atoms with Crippen LogP contribution in [0.25, 0.3) is 0 Å². The minimum Gasteiger partial charge on any atom is -0.395 e. The molecule has 23 heavy (non-hydrogen) atoms. The molecule has 2 aromatic rings. The molecular weight excluding hydrogens is 316 g/mol. The molecule has 0 bridgehead atoms. The molecule has 0 saturated heterocycles. The number of aromatic nitrogens is 3. The van der Waals surface area contributed by atoms with Crippen molar-refractivity contribution in [1.82, 2.24) is 19.9 Å². The Morgan fingerprint density at radius 1 is 1.39 bits per heavy atom. The van der Waals surface area contributed by atoms with Crippen LogP contribution in [-0.2, 0) is 6.54 Å². The average molecular weight is 335 g/mol. The Bertz CT molecular complexity index is 664. The van der Waals surface area contributed by atoms with Gasteiger partial charge in [-0.1, -0.05) is 31.5 Å². The molecule has 2 rings (SSSR count). The number of halogens is 1. The molecule has 0 saturated carbocycles. The number of rotatable bonds is 6. The zero-order chi connectivity index (χ0) is 16.8. The molecule has 1 amide bonds. The topological polar surface area (TPSA) is 79.2 Å². The summed E-state index contributed by atoms with van der Waals surface area (Å²) in [7, 11) is 0. The largest absolute Gasteiger partial charge is 0.395 e. The van der Waals surface area contributed by atoms with Gasteiger partial charge in [-0.05, 0) is 11.6 Å². The molecule has 0 aliphatic carbocycles. The van der Waals surface area contributed by atoms with Crippen molar-refractivity contribution in [2.75, 3.05) is 13.2 Å². The lowest BCUT2D eigenvalue weighted by Gasteiger charge is -2.22. The molecule has 0 aliphatic heterocycles. The van der Waals surface area contributed by atoms with Crippen molar-refractivity contribution in [1.29, 1.82) is 0 Å². The van der Waals surface area contributed by atoms with Crippen LogP contribution in [0.2, 0.25) is 5.02 Å². The summed E-state index contributed by atoms with van der Waals surface area (Å²) >= 11 is 6.10. The van der Waals surface area contributed by atoms with E-state index in [0.29, 0.717) is 12.4 Å². The van der Waals surface area contributed by atoms with Gasteiger partial charge in [0.25, 0.3) is 5.91 Å². The highest BCUT2D eigenvalue weighted by Crippen LogP contribution is 2.19. The average Bonchev–Trinajstić information content (AvgIpc) is 2.55. The summed E-state index contributed by atoms with van der Waals surface area (Å²) in [5.41, 5.74) is 1.02. The first-order chi connectivity index (χ1) is 11.0. The van der Waals surface area contributed by atoms with Crippen LogP contribution in [0.3, 0.4) is 0 Å². The van der Waals surface area contributed by atoms with Gasteiger partial charge < -0.3 is 10.0 Å². The number of amides is 1.